The summed E-state index contributed by atoms with van der Waals surface area (Å²) in [4.78, 5) is 19.1. The molecule has 2 heterocycles. The number of aromatic nitrogens is 3. The Morgan fingerprint density at radius 2 is 2.08 bits per heavy atom. The summed E-state index contributed by atoms with van der Waals surface area (Å²) in [6.07, 6.45) is 0. The topological polar surface area (TPSA) is 60.3 Å². The van der Waals surface area contributed by atoms with E-state index in [1.807, 2.05) is 39.1 Å². The fraction of sp³-hybridized carbons (Fsp3) is 0.316. The van der Waals surface area contributed by atoms with Gasteiger partial charge < -0.3 is 9.64 Å². The third-order valence-electron chi connectivity index (χ3n) is 4.17. The first-order valence-electron chi connectivity index (χ1n) is 8.31. The van der Waals surface area contributed by atoms with Gasteiger partial charge in [-0.2, -0.15) is 5.10 Å². The van der Waals surface area contributed by atoms with Crippen molar-refractivity contribution in [2.45, 2.75) is 13.8 Å². The van der Waals surface area contributed by atoms with E-state index in [0.717, 1.165) is 22.4 Å². The van der Waals surface area contributed by atoms with Crippen LogP contribution in [0.2, 0.25) is 5.02 Å². The second-order valence-corrected chi connectivity index (χ2v) is 6.69. The zero-order valence-corrected chi connectivity index (χ0v) is 16.0. The van der Waals surface area contributed by atoms with E-state index in [1.165, 1.54) is 0 Å². The smallest absolute Gasteiger partial charge is 0.254 e. The van der Waals surface area contributed by atoms with E-state index in [1.54, 1.807) is 28.8 Å². The summed E-state index contributed by atoms with van der Waals surface area (Å²) in [5, 5.41) is 5.81. The summed E-state index contributed by atoms with van der Waals surface area (Å²) in [5.41, 5.74) is 2.91. The van der Waals surface area contributed by atoms with Crippen LogP contribution < -0.4 is 4.74 Å². The lowest BCUT2D eigenvalue weighted by atomic mass is 10.1. The Bertz CT molecular complexity index is 968. The first kappa shape index (κ1) is 18.2. The number of pyridine rings is 1. The number of halogens is 1. The van der Waals surface area contributed by atoms with Gasteiger partial charge in [0.1, 0.15) is 12.4 Å². The lowest BCUT2D eigenvalue weighted by Crippen LogP contribution is -2.31. The second-order valence-electron chi connectivity index (χ2n) is 6.25. The molecule has 0 aliphatic heterocycles. The first-order valence-corrected chi connectivity index (χ1v) is 8.69. The van der Waals surface area contributed by atoms with Crippen molar-refractivity contribution in [2.24, 2.45) is 7.05 Å². The van der Waals surface area contributed by atoms with Crippen LogP contribution in [-0.2, 0) is 7.05 Å². The zero-order chi connectivity index (χ0) is 18.8. The summed E-state index contributed by atoms with van der Waals surface area (Å²) < 4.78 is 7.38. The average Bonchev–Trinajstić information content (AvgIpc) is 2.87. The Kier molecular flexibility index (Phi) is 5.13. The van der Waals surface area contributed by atoms with Gasteiger partial charge in [-0.15, -0.1) is 0 Å². The van der Waals surface area contributed by atoms with Gasteiger partial charge >= 0.3 is 0 Å². The molecular formula is C19H21ClN4O2. The summed E-state index contributed by atoms with van der Waals surface area (Å²) in [5.74, 6) is 0.606. The third-order valence-corrected chi connectivity index (χ3v) is 4.40. The van der Waals surface area contributed by atoms with Crippen LogP contribution in [0.3, 0.4) is 0 Å². The van der Waals surface area contributed by atoms with Gasteiger partial charge in [0.05, 0.1) is 23.2 Å². The van der Waals surface area contributed by atoms with Crippen molar-refractivity contribution in [2.75, 3.05) is 20.2 Å². The van der Waals surface area contributed by atoms with Crippen LogP contribution in [0.5, 0.6) is 5.75 Å². The van der Waals surface area contributed by atoms with Gasteiger partial charge in [0, 0.05) is 24.8 Å². The number of hydrogen-bond donors (Lipinski definition) is 0. The summed E-state index contributed by atoms with van der Waals surface area (Å²) in [6.45, 7) is 4.59. The van der Waals surface area contributed by atoms with Crippen molar-refractivity contribution in [3.05, 3.63) is 52.3 Å². The molecule has 136 valence electrons. The molecule has 1 amide bonds. The lowest BCUT2D eigenvalue weighted by Gasteiger charge is -2.18. The number of hydrogen-bond acceptors (Lipinski definition) is 4. The Balaban J connectivity index is 1.75. The number of fused-ring (bicyclic) bond motifs is 1. The van der Waals surface area contributed by atoms with Crippen molar-refractivity contribution >= 4 is 28.5 Å². The molecule has 0 atom stereocenters. The fourth-order valence-corrected chi connectivity index (χ4v) is 3.08. The molecule has 0 saturated carbocycles. The molecule has 0 N–H and O–H groups in total. The van der Waals surface area contributed by atoms with Crippen molar-refractivity contribution in [3.8, 4) is 5.75 Å². The van der Waals surface area contributed by atoms with Crippen molar-refractivity contribution in [1.29, 1.82) is 0 Å². The molecule has 3 aromatic rings. The standard InChI is InChI=1S/C19H21ClN4O2/c1-12-10-16(17-13(2)22-24(4)18(17)21-12)19(25)23(3)8-9-26-15-7-5-6-14(20)11-15/h5-7,10-11H,8-9H2,1-4H3. The SMILES string of the molecule is Cc1cc(C(=O)N(C)CCOc2cccc(Cl)c2)c2c(C)nn(C)c2n1. The number of amides is 1. The number of likely N-dealkylation sites (N-methyl/N-ethyl adjacent to an activating group) is 1. The second kappa shape index (κ2) is 7.33. The molecule has 2 aromatic heterocycles. The average molecular weight is 373 g/mol. The van der Waals surface area contributed by atoms with E-state index in [0.29, 0.717) is 29.5 Å². The van der Waals surface area contributed by atoms with Crippen molar-refractivity contribution < 1.29 is 9.53 Å². The minimum Gasteiger partial charge on any atom is -0.492 e. The van der Waals surface area contributed by atoms with Crippen LogP contribution in [0.25, 0.3) is 11.0 Å². The monoisotopic (exact) mass is 372 g/mol. The van der Waals surface area contributed by atoms with E-state index in [9.17, 15) is 4.79 Å². The minimum absolute atomic E-state index is 0.0775. The predicted molar refractivity (Wildman–Crippen MR) is 102 cm³/mol. The maximum atomic E-state index is 13.0. The number of rotatable bonds is 5. The number of ether oxygens (including phenoxy) is 1. The van der Waals surface area contributed by atoms with E-state index in [-0.39, 0.29) is 5.91 Å². The van der Waals surface area contributed by atoms with Gasteiger partial charge in [-0.05, 0) is 38.1 Å². The molecule has 0 bridgehead atoms. The quantitative estimate of drug-likeness (QED) is 0.688. The Labute approximate surface area is 157 Å². The van der Waals surface area contributed by atoms with Gasteiger partial charge in [0.2, 0.25) is 0 Å². The van der Waals surface area contributed by atoms with E-state index in [2.05, 4.69) is 10.1 Å². The predicted octanol–water partition coefficient (Wildman–Crippen LogP) is 3.39. The molecular weight excluding hydrogens is 352 g/mol. The summed E-state index contributed by atoms with van der Waals surface area (Å²) in [7, 11) is 3.59. The number of carbonyl (C=O) groups excluding carboxylic acids is 1. The number of nitrogens with zero attached hydrogens (tertiary/aromatic N) is 4. The lowest BCUT2D eigenvalue weighted by molar-refractivity contribution is 0.0775. The third kappa shape index (κ3) is 3.65. The van der Waals surface area contributed by atoms with E-state index >= 15 is 0 Å². The van der Waals surface area contributed by atoms with Gasteiger partial charge in [-0.25, -0.2) is 4.98 Å². The maximum absolute atomic E-state index is 13.0. The fourth-order valence-electron chi connectivity index (χ4n) is 2.90. The number of benzene rings is 1. The largest absolute Gasteiger partial charge is 0.492 e. The highest BCUT2D eigenvalue weighted by atomic mass is 35.5. The number of carbonyl (C=O) groups is 1. The molecule has 0 spiro atoms. The molecule has 3 rings (SSSR count). The molecule has 1 aromatic carbocycles. The highest BCUT2D eigenvalue weighted by molar-refractivity contribution is 6.30. The van der Waals surface area contributed by atoms with Crippen LogP contribution >= 0.6 is 11.6 Å². The zero-order valence-electron chi connectivity index (χ0n) is 15.3. The van der Waals surface area contributed by atoms with Crippen LogP contribution in [0, 0.1) is 13.8 Å². The van der Waals surface area contributed by atoms with Crippen LogP contribution in [0.1, 0.15) is 21.7 Å². The summed E-state index contributed by atoms with van der Waals surface area (Å²) in [6, 6.07) is 9.01. The molecule has 0 saturated heterocycles. The summed E-state index contributed by atoms with van der Waals surface area (Å²) >= 11 is 5.95. The van der Waals surface area contributed by atoms with Gasteiger partial charge in [-0.3, -0.25) is 9.48 Å². The highest BCUT2D eigenvalue weighted by Gasteiger charge is 2.20. The first-order chi connectivity index (χ1) is 12.4. The minimum atomic E-state index is -0.0775. The van der Waals surface area contributed by atoms with E-state index in [4.69, 9.17) is 16.3 Å². The van der Waals surface area contributed by atoms with Crippen LogP contribution in [-0.4, -0.2) is 45.8 Å². The van der Waals surface area contributed by atoms with Crippen LogP contribution in [0.4, 0.5) is 0 Å². The van der Waals surface area contributed by atoms with Crippen molar-refractivity contribution in [1.82, 2.24) is 19.7 Å². The van der Waals surface area contributed by atoms with Gasteiger partial charge in [0.25, 0.3) is 5.91 Å². The van der Waals surface area contributed by atoms with Gasteiger partial charge in [-0.1, -0.05) is 17.7 Å². The highest BCUT2D eigenvalue weighted by Crippen LogP contribution is 2.23. The van der Waals surface area contributed by atoms with E-state index < -0.39 is 0 Å². The molecule has 6 nitrogen and oxygen atoms in total. The molecule has 0 unspecified atom stereocenters. The molecule has 7 heteroatoms. The molecule has 0 fully saturated rings. The molecule has 0 radical (unpaired) electrons. The number of aryl methyl sites for hydroxylation is 3. The molecule has 0 aliphatic rings. The maximum Gasteiger partial charge on any atom is 0.254 e. The Morgan fingerprint density at radius 3 is 2.81 bits per heavy atom. The molecule has 26 heavy (non-hydrogen) atoms. The van der Waals surface area contributed by atoms with Crippen molar-refractivity contribution in [3.63, 3.8) is 0 Å². The van der Waals surface area contributed by atoms with Crippen LogP contribution in [0.15, 0.2) is 30.3 Å². The normalized spacial score (nSPS) is 11.0. The Hall–Kier alpha value is -2.60. The molecule has 0 aliphatic carbocycles. The van der Waals surface area contributed by atoms with Gasteiger partial charge in [0.15, 0.2) is 5.65 Å². The Morgan fingerprint density at radius 1 is 1.31 bits per heavy atom.